The number of carbonyl (C=O) groups excluding carboxylic acids is 1. The van der Waals surface area contributed by atoms with Gasteiger partial charge in [-0.15, -0.1) is 0 Å². The summed E-state index contributed by atoms with van der Waals surface area (Å²) in [5.74, 6) is -0.291. The van der Waals surface area contributed by atoms with Gasteiger partial charge in [-0.25, -0.2) is 4.79 Å². The van der Waals surface area contributed by atoms with E-state index in [1.54, 1.807) is 13.0 Å². The molecule has 0 aliphatic rings. The molecule has 0 atom stereocenters. The minimum Gasteiger partial charge on any atom is -0.463 e. The van der Waals surface area contributed by atoms with E-state index in [-0.39, 0.29) is 5.97 Å². The van der Waals surface area contributed by atoms with Crippen molar-refractivity contribution < 1.29 is 9.53 Å². The number of ether oxygens (including phenoxy) is 1. The maximum atomic E-state index is 10.5. The van der Waals surface area contributed by atoms with Gasteiger partial charge in [0.25, 0.3) is 0 Å². The highest BCUT2D eigenvalue weighted by Gasteiger charge is 1.90. The fourth-order valence-electron chi connectivity index (χ4n) is 0.357. The molecule has 2 heteroatoms. The predicted molar refractivity (Wildman–Crippen MR) is 35.7 cm³/mol. The molecule has 2 nitrogen and oxygen atoms in total. The number of hydrogen-bond donors (Lipinski definition) is 0. The van der Waals surface area contributed by atoms with Gasteiger partial charge in [0, 0.05) is 6.08 Å². The van der Waals surface area contributed by atoms with Crippen LogP contribution in [0.15, 0.2) is 12.2 Å². The summed E-state index contributed by atoms with van der Waals surface area (Å²) in [7, 11) is 0. The Labute approximate surface area is 55.5 Å². The summed E-state index contributed by atoms with van der Waals surface area (Å²) in [6, 6.07) is 0. The van der Waals surface area contributed by atoms with Gasteiger partial charge in [-0.3, -0.25) is 0 Å². The van der Waals surface area contributed by atoms with Crippen molar-refractivity contribution in [1.29, 1.82) is 0 Å². The maximum Gasteiger partial charge on any atom is 0.330 e. The molecule has 0 spiro atoms. The number of esters is 1. The Bertz CT molecular complexity index is 105. The Morgan fingerprint density at radius 1 is 1.78 bits per heavy atom. The second-order valence-electron chi connectivity index (χ2n) is 1.52. The molecule has 0 N–H and O–H groups in total. The van der Waals surface area contributed by atoms with Crippen LogP contribution in [-0.2, 0) is 9.53 Å². The molecule has 0 heterocycles. The van der Waals surface area contributed by atoms with E-state index in [9.17, 15) is 4.79 Å². The van der Waals surface area contributed by atoms with E-state index in [2.05, 4.69) is 11.7 Å². The maximum absolute atomic E-state index is 10.5. The average molecular weight is 127 g/mol. The predicted octanol–water partition coefficient (Wildman–Crippen LogP) is 1.33. The summed E-state index contributed by atoms with van der Waals surface area (Å²) >= 11 is 0. The zero-order chi connectivity index (χ0) is 7.11. The molecule has 0 rings (SSSR count). The minimum atomic E-state index is -0.291. The molecule has 0 aliphatic heterocycles. The van der Waals surface area contributed by atoms with Crippen LogP contribution in [0.3, 0.4) is 0 Å². The van der Waals surface area contributed by atoms with Crippen LogP contribution in [0.5, 0.6) is 0 Å². The Balaban J connectivity index is 3.27. The average Bonchev–Trinajstić information content (AvgIpc) is 1.85. The zero-order valence-corrected chi connectivity index (χ0v) is 5.59. The summed E-state index contributed by atoms with van der Waals surface area (Å²) in [6.45, 7) is 5.69. The fourth-order valence-corrected chi connectivity index (χ4v) is 0.357. The standard InChI is InChI=1S/C7H11O2/c1-3-5-7(8)9-6-4-2/h3,5H,2,4,6H2,1H3. The largest absolute Gasteiger partial charge is 0.463 e. The molecule has 0 amide bonds. The molecule has 0 aromatic rings. The molecule has 0 aliphatic carbocycles. The highest BCUT2D eigenvalue weighted by atomic mass is 16.5. The summed E-state index contributed by atoms with van der Waals surface area (Å²) in [5.41, 5.74) is 0. The normalized spacial score (nSPS) is 10.0. The Morgan fingerprint density at radius 2 is 2.44 bits per heavy atom. The van der Waals surface area contributed by atoms with E-state index in [0.717, 1.165) is 0 Å². The molecule has 0 fully saturated rings. The van der Waals surface area contributed by atoms with Crippen LogP contribution >= 0.6 is 0 Å². The molecule has 0 unspecified atom stereocenters. The third-order valence-electron chi connectivity index (χ3n) is 0.691. The second-order valence-corrected chi connectivity index (χ2v) is 1.52. The van der Waals surface area contributed by atoms with Gasteiger partial charge in [-0.05, 0) is 20.3 Å². The number of rotatable bonds is 3. The third kappa shape index (κ3) is 5.07. The van der Waals surface area contributed by atoms with Crippen molar-refractivity contribution in [2.45, 2.75) is 13.3 Å². The molecule has 0 aromatic heterocycles. The van der Waals surface area contributed by atoms with Gasteiger partial charge < -0.3 is 4.74 Å². The Hall–Kier alpha value is -0.790. The molecule has 0 bridgehead atoms. The van der Waals surface area contributed by atoms with E-state index in [4.69, 9.17) is 0 Å². The van der Waals surface area contributed by atoms with Crippen molar-refractivity contribution in [3.05, 3.63) is 19.1 Å². The van der Waals surface area contributed by atoms with Crippen molar-refractivity contribution in [3.8, 4) is 0 Å². The lowest BCUT2D eigenvalue weighted by molar-refractivity contribution is -0.137. The SMILES string of the molecule is [CH2]CCOC(=O)C=CC. The lowest BCUT2D eigenvalue weighted by atomic mass is 10.5. The summed E-state index contributed by atoms with van der Waals surface area (Å²) in [5, 5.41) is 0. The van der Waals surface area contributed by atoms with Crippen molar-refractivity contribution in [2.75, 3.05) is 6.61 Å². The summed E-state index contributed by atoms with van der Waals surface area (Å²) < 4.78 is 4.64. The fraction of sp³-hybridized carbons (Fsp3) is 0.429. The van der Waals surface area contributed by atoms with Gasteiger partial charge in [0.1, 0.15) is 0 Å². The highest BCUT2D eigenvalue weighted by molar-refractivity contribution is 5.81. The van der Waals surface area contributed by atoms with Crippen LogP contribution in [0.1, 0.15) is 13.3 Å². The third-order valence-corrected chi connectivity index (χ3v) is 0.691. The molecule has 0 aromatic carbocycles. The van der Waals surface area contributed by atoms with Crippen LogP contribution < -0.4 is 0 Å². The summed E-state index contributed by atoms with van der Waals surface area (Å²) in [6.07, 6.45) is 3.66. The first-order valence-electron chi connectivity index (χ1n) is 2.90. The molecular weight excluding hydrogens is 116 g/mol. The Morgan fingerprint density at radius 3 is 2.89 bits per heavy atom. The second kappa shape index (κ2) is 5.35. The van der Waals surface area contributed by atoms with Crippen LogP contribution in [0.4, 0.5) is 0 Å². The number of allylic oxidation sites excluding steroid dienone is 1. The quantitative estimate of drug-likeness (QED) is 0.422. The van der Waals surface area contributed by atoms with Crippen molar-refractivity contribution >= 4 is 5.97 Å². The zero-order valence-electron chi connectivity index (χ0n) is 5.59. The molecule has 0 saturated heterocycles. The van der Waals surface area contributed by atoms with E-state index in [1.165, 1.54) is 6.08 Å². The van der Waals surface area contributed by atoms with Crippen molar-refractivity contribution in [2.24, 2.45) is 0 Å². The van der Waals surface area contributed by atoms with Crippen molar-refractivity contribution in [1.82, 2.24) is 0 Å². The number of carbonyl (C=O) groups is 1. The van der Waals surface area contributed by atoms with Crippen LogP contribution in [-0.4, -0.2) is 12.6 Å². The van der Waals surface area contributed by atoms with E-state index >= 15 is 0 Å². The van der Waals surface area contributed by atoms with Gasteiger partial charge in [-0.1, -0.05) is 6.08 Å². The first kappa shape index (κ1) is 8.21. The smallest absolute Gasteiger partial charge is 0.330 e. The first-order chi connectivity index (χ1) is 4.31. The van der Waals surface area contributed by atoms with Crippen LogP contribution in [0.2, 0.25) is 0 Å². The van der Waals surface area contributed by atoms with Crippen LogP contribution in [0, 0.1) is 6.92 Å². The lowest BCUT2D eigenvalue weighted by Gasteiger charge is -1.95. The van der Waals surface area contributed by atoms with Gasteiger partial charge in [0.2, 0.25) is 0 Å². The molecule has 0 saturated carbocycles. The highest BCUT2D eigenvalue weighted by Crippen LogP contribution is 1.82. The monoisotopic (exact) mass is 127 g/mol. The van der Waals surface area contributed by atoms with Crippen LogP contribution in [0.25, 0.3) is 0 Å². The van der Waals surface area contributed by atoms with Gasteiger partial charge in [-0.2, -0.15) is 0 Å². The first-order valence-corrected chi connectivity index (χ1v) is 2.90. The van der Waals surface area contributed by atoms with Crippen molar-refractivity contribution in [3.63, 3.8) is 0 Å². The number of hydrogen-bond acceptors (Lipinski definition) is 2. The minimum absolute atomic E-state index is 0.291. The lowest BCUT2D eigenvalue weighted by Crippen LogP contribution is -2.00. The molecule has 1 radical (unpaired) electrons. The molecule has 51 valence electrons. The summed E-state index contributed by atoms with van der Waals surface area (Å²) in [4.78, 5) is 10.5. The van der Waals surface area contributed by atoms with E-state index in [1.807, 2.05) is 0 Å². The topological polar surface area (TPSA) is 26.3 Å². The molecule has 9 heavy (non-hydrogen) atoms. The Kier molecular flexibility index (Phi) is 4.88. The molecular formula is C7H11O2. The van der Waals surface area contributed by atoms with Gasteiger partial charge in [0.05, 0.1) is 6.61 Å². The van der Waals surface area contributed by atoms with Gasteiger partial charge in [0.15, 0.2) is 0 Å². The van der Waals surface area contributed by atoms with E-state index in [0.29, 0.717) is 13.0 Å². The van der Waals surface area contributed by atoms with E-state index < -0.39 is 0 Å². The van der Waals surface area contributed by atoms with Gasteiger partial charge >= 0.3 is 5.97 Å².